The van der Waals surface area contributed by atoms with Gasteiger partial charge in [-0.3, -0.25) is 9.59 Å². The summed E-state index contributed by atoms with van der Waals surface area (Å²) >= 11 is 0. The molecule has 0 unspecified atom stereocenters. The Morgan fingerprint density at radius 2 is 1.67 bits per heavy atom. The van der Waals surface area contributed by atoms with Gasteiger partial charge >= 0.3 is 0 Å². The fourth-order valence-electron chi connectivity index (χ4n) is 2.58. The summed E-state index contributed by atoms with van der Waals surface area (Å²) in [5, 5.41) is 5.76. The van der Waals surface area contributed by atoms with Crippen LogP contribution in [0.5, 0.6) is 5.75 Å². The van der Waals surface area contributed by atoms with E-state index in [0.29, 0.717) is 23.4 Å². The Labute approximate surface area is 161 Å². The van der Waals surface area contributed by atoms with Gasteiger partial charge < -0.3 is 15.4 Å². The third-order valence-corrected chi connectivity index (χ3v) is 3.94. The molecule has 0 aromatic heterocycles. The van der Waals surface area contributed by atoms with Gasteiger partial charge in [0.15, 0.2) is 6.10 Å². The van der Waals surface area contributed by atoms with Crippen molar-refractivity contribution < 1.29 is 14.3 Å². The Morgan fingerprint density at radius 1 is 1.04 bits per heavy atom. The fourth-order valence-corrected chi connectivity index (χ4v) is 2.58. The summed E-state index contributed by atoms with van der Waals surface area (Å²) in [7, 11) is 0. The van der Waals surface area contributed by atoms with Crippen molar-refractivity contribution >= 4 is 17.5 Å². The van der Waals surface area contributed by atoms with Gasteiger partial charge in [0.05, 0.1) is 11.3 Å². The van der Waals surface area contributed by atoms with E-state index < -0.39 is 6.10 Å². The van der Waals surface area contributed by atoms with Gasteiger partial charge in [-0.15, -0.1) is 0 Å². The third-order valence-electron chi connectivity index (χ3n) is 3.94. The smallest absolute Gasteiger partial charge is 0.265 e. The lowest BCUT2D eigenvalue weighted by atomic mass is 10.1. The first-order valence-electron chi connectivity index (χ1n) is 9.16. The van der Waals surface area contributed by atoms with E-state index >= 15 is 0 Å². The maximum atomic E-state index is 12.8. The van der Waals surface area contributed by atoms with E-state index in [9.17, 15) is 9.59 Å². The number of amides is 2. The average Bonchev–Trinajstić information content (AvgIpc) is 2.60. The van der Waals surface area contributed by atoms with E-state index in [1.165, 1.54) is 0 Å². The standard InChI is InChI=1S/C22H28N2O3/c1-6-18(27-19-14-10-7-11-15(19)2)21(26)23-17-13-9-8-12-16(17)20(25)24-22(3,4)5/h7-14,18H,6H2,1-5H3,(H,23,26)(H,24,25)/t18-/m0/s1. The highest BCUT2D eigenvalue weighted by atomic mass is 16.5. The summed E-state index contributed by atoms with van der Waals surface area (Å²) in [6, 6.07) is 14.5. The highest BCUT2D eigenvalue weighted by molar-refractivity contribution is 6.04. The minimum Gasteiger partial charge on any atom is -0.480 e. The molecule has 2 rings (SSSR count). The molecule has 0 aliphatic carbocycles. The van der Waals surface area contributed by atoms with E-state index in [4.69, 9.17) is 4.74 Å². The number of hydrogen-bond donors (Lipinski definition) is 2. The zero-order valence-corrected chi connectivity index (χ0v) is 16.6. The Morgan fingerprint density at radius 3 is 2.30 bits per heavy atom. The first-order chi connectivity index (χ1) is 12.7. The van der Waals surface area contributed by atoms with Gasteiger partial charge in [0, 0.05) is 5.54 Å². The van der Waals surface area contributed by atoms with Crippen LogP contribution in [-0.4, -0.2) is 23.5 Å². The summed E-state index contributed by atoms with van der Waals surface area (Å²) in [6.45, 7) is 9.56. The first-order valence-corrected chi connectivity index (χ1v) is 9.16. The number of ether oxygens (including phenoxy) is 1. The number of rotatable bonds is 6. The largest absolute Gasteiger partial charge is 0.480 e. The molecule has 27 heavy (non-hydrogen) atoms. The molecule has 0 spiro atoms. The van der Waals surface area contributed by atoms with Crippen molar-refractivity contribution in [3.8, 4) is 5.75 Å². The van der Waals surface area contributed by atoms with Crippen LogP contribution in [0.25, 0.3) is 0 Å². The van der Waals surface area contributed by atoms with Crippen LogP contribution >= 0.6 is 0 Å². The van der Waals surface area contributed by atoms with Gasteiger partial charge in [0.2, 0.25) is 0 Å². The van der Waals surface area contributed by atoms with Crippen LogP contribution in [0.4, 0.5) is 5.69 Å². The summed E-state index contributed by atoms with van der Waals surface area (Å²) < 4.78 is 5.90. The molecule has 0 fully saturated rings. The predicted octanol–water partition coefficient (Wildman–Crippen LogP) is 4.32. The minimum atomic E-state index is -0.648. The first kappa shape index (κ1) is 20.5. The molecule has 144 valence electrons. The second-order valence-corrected chi connectivity index (χ2v) is 7.52. The Hall–Kier alpha value is -2.82. The van der Waals surface area contributed by atoms with Crippen LogP contribution in [0.15, 0.2) is 48.5 Å². The van der Waals surface area contributed by atoms with Gasteiger partial charge in [0.1, 0.15) is 5.75 Å². The predicted molar refractivity (Wildman–Crippen MR) is 108 cm³/mol. The molecular formula is C22H28N2O3. The lowest BCUT2D eigenvalue weighted by Crippen LogP contribution is -2.41. The van der Waals surface area contributed by atoms with E-state index in [1.807, 2.05) is 58.9 Å². The van der Waals surface area contributed by atoms with Crippen LogP contribution in [0.1, 0.15) is 50.0 Å². The molecule has 2 aromatic rings. The summed E-state index contributed by atoms with van der Waals surface area (Å²) in [6.07, 6.45) is -0.138. The molecule has 2 aromatic carbocycles. The summed E-state index contributed by atoms with van der Waals surface area (Å²) in [5.74, 6) is 0.168. The number of aryl methyl sites for hydroxylation is 1. The number of anilines is 1. The van der Waals surface area contributed by atoms with Crippen molar-refractivity contribution in [1.82, 2.24) is 5.32 Å². The molecule has 5 heteroatoms. The van der Waals surface area contributed by atoms with Crippen molar-refractivity contribution in [1.29, 1.82) is 0 Å². The molecule has 2 amide bonds. The highest BCUT2D eigenvalue weighted by Crippen LogP contribution is 2.21. The Bertz CT molecular complexity index is 809. The quantitative estimate of drug-likeness (QED) is 0.798. The molecular weight excluding hydrogens is 340 g/mol. The van der Waals surface area contributed by atoms with Crippen molar-refractivity contribution in [3.63, 3.8) is 0 Å². The van der Waals surface area contributed by atoms with Crippen LogP contribution in [-0.2, 0) is 4.79 Å². The molecule has 2 N–H and O–H groups in total. The van der Waals surface area contributed by atoms with Crippen LogP contribution in [0.2, 0.25) is 0 Å². The van der Waals surface area contributed by atoms with E-state index in [0.717, 1.165) is 5.56 Å². The second kappa shape index (κ2) is 8.71. The normalized spacial score (nSPS) is 12.2. The van der Waals surface area contributed by atoms with Crippen molar-refractivity contribution in [2.45, 2.75) is 52.7 Å². The summed E-state index contributed by atoms with van der Waals surface area (Å²) in [5.41, 5.74) is 1.49. The average molecular weight is 368 g/mol. The molecule has 1 atom stereocenters. The Balaban J connectivity index is 2.17. The molecule has 0 bridgehead atoms. The number of carbonyl (C=O) groups excluding carboxylic acids is 2. The van der Waals surface area contributed by atoms with Gasteiger partial charge in [-0.25, -0.2) is 0 Å². The maximum absolute atomic E-state index is 12.8. The number of benzene rings is 2. The minimum absolute atomic E-state index is 0.230. The van der Waals surface area contributed by atoms with Gasteiger partial charge in [-0.05, 0) is 57.9 Å². The highest BCUT2D eigenvalue weighted by Gasteiger charge is 2.22. The monoisotopic (exact) mass is 368 g/mol. The van der Waals surface area contributed by atoms with E-state index in [-0.39, 0.29) is 17.4 Å². The van der Waals surface area contributed by atoms with Gasteiger partial charge in [-0.1, -0.05) is 37.3 Å². The van der Waals surface area contributed by atoms with Crippen molar-refractivity contribution in [2.75, 3.05) is 5.32 Å². The lowest BCUT2D eigenvalue weighted by Gasteiger charge is -2.22. The van der Waals surface area contributed by atoms with Gasteiger partial charge in [0.25, 0.3) is 11.8 Å². The van der Waals surface area contributed by atoms with Crippen molar-refractivity contribution in [2.24, 2.45) is 0 Å². The molecule has 0 saturated carbocycles. The van der Waals surface area contributed by atoms with Crippen LogP contribution in [0.3, 0.4) is 0 Å². The zero-order valence-electron chi connectivity index (χ0n) is 16.6. The van der Waals surface area contributed by atoms with Crippen LogP contribution < -0.4 is 15.4 Å². The third kappa shape index (κ3) is 5.84. The molecule has 5 nitrogen and oxygen atoms in total. The van der Waals surface area contributed by atoms with Crippen LogP contribution in [0, 0.1) is 6.92 Å². The molecule has 0 saturated heterocycles. The number of hydrogen-bond acceptors (Lipinski definition) is 3. The second-order valence-electron chi connectivity index (χ2n) is 7.52. The van der Waals surface area contributed by atoms with E-state index in [1.54, 1.807) is 24.3 Å². The van der Waals surface area contributed by atoms with Gasteiger partial charge in [-0.2, -0.15) is 0 Å². The number of nitrogens with one attached hydrogen (secondary N) is 2. The SMILES string of the molecule is CC[C@H](Oc1ccccc1C)C(=O)Nc1ccccc1C(=O)NC(C)(C)C. The topological polar surface area (TPSA) is 67.4 Å². The fraction of sp³-hybridized carbons (Fsp3) is 0.364. The Kier molecular flexibility index (Phi) is 6.61. The molecule has 0 heterocycles. The molecule has 0 aliphatic rings. The summed E-state index contributed by atoms with van der Waals surface area (Å²) in [4.78, 5) is 25.3. The van der Waals surface area contributed by atoms with Crippen molar-refractivity contribution in [3.05, 3.63) is 59.7 Å². The number of carbonyl (C=O) groups is 2. The molecule has 0 radical (unpaired) electrons. The zero-order chi connectivity index (χ0) is 20.0. The number of para-hydroxylation sites is 2. The lowest BCUT2D eigenvalue weighted by molar-refractivity contribution is -0.122. The maximum Gasteiger partial charge on any atom is 0.265 e. The van der Waals surface area contributed by atoms with E-state index in [2.05, 4.69) is 10.6 Å². The molecule has 0 aliphatic heterocycles.